The molecule has 146 valence electrons. The van der Waals surface area contributed by atoms with E-state index in [1.807, 2.05) is 0 Å². The van der Waals surface area contributed by atoms with E-state index >= 15 is 0 Å². The molecule has 0 saturated carbocycles. The van der Waals surface area contributed by atoms with Gasteiger partial charge in [0.05, 0.1) is 18.6 Å². The molecule has 0 aliphatic rings. The molecular formula is C19H23FN2O4S. The van der Waals surface area contributed by atoms with E-state index in [0.717, 1.165) is 16.1 Å². The highest BCUT2D eigenvalue weighted by atomic mass is 32.2. The lowest BCUT2D eigenvalue weighted by molar-refractivity contribution is -0.119. The highest BCUT2D eigenvalue weighted by Gasteiger charge is 2.21. The van der Waals surface area contributed by atoms with Gasteiger partial charge >= 0.3 is 0 Å². The summed E-state index contributed by atoms with van der Waals surface area (Å²) in [6.45, 7) is 2.19. The molecule has 27 heavy (non-hydrogen) atoms. The maximum absolute atomic E-state index is 12.8. The predicted octanol–water partition coefficient (Wildman–Crippen LogP) is 2.49. The predicted molar refractivity (Wildman–Crippen MR) is 103 cm³/mol. The van der Waals surface area contributed by atoms with Crippen molar-refractivity contribution in [3.8, 4) is 5.75 Å². The molecule has 1 amide bonds. The third-order valence-corrected chi connectivity index (χ3v) is 4.92. The highest BCUT2D eigenvalue weighted by molar-refractivity contribution is 7.92. The van der Waals surface area contributed by atoms with Crippen LogP contribution in [-0.4, -0.2) is 40.3 Å². The first kappa shape index (κ1) is 20.7. The lowest BCUT2D eigenvalue weighted by Gasteiger charge is -2.23. The number of hydrogen-bond donors (Lipinski definition) is 1. The first-order valence-electron chi connectivity index (χ1n) is 8.46. The first-order valence-corrected chi connectivity index (χ1v) is 10.3. The smallest absolute Gasteiger partial charge is 0.240 e. The van der Waals surface area contributed by atoms with Crippen molar-refractivity contribution in [1.29, 1.82) is 0 Å². The van der Waals surface area contributed by atoms with E-state index < -0.39 is 15.9 Å². The lowest BCUT2D eigenvalue weighted by atomic mass is 10.2. The molecule has 0 fully saturated rings. The number of amides is 1. The van der Waals surface area contributed by atoms with Gasteiger partial charge in [-0.1, -0.05) is 18.2 Å². The number of benzene rings is 2. The second kappa shape index (κ2) is 9.36. The molecular weight excluding hydrogens is 371 g/mol. The molecule has 2 aromatic rings. The number of halogens is 1. The van der Waals surface area contributed by atoms with Gasteiger partial charge in [0.25, 0.3) is 0 Å². The molecule has 0 unspecified atom stereocenters. The zero-order chi connectivity index (χ0) is 19.9. The summed E-state index contributed by atoms with van der Waals surface area (Å²) < 4.78 is 43.5. The number of sulfonamides is 1. The van der Waals surface area contributed by atoms with Gasteiger partial charge in [-0.25, -0.2) is 12.8 Å². The summed E-state index contributed by atoms with van der Waals surface area (Å²) in [6, 6.07) is 12.7. The van der Waals surface area contributed by atoms with Crippen molar-refractivity contribution in [3.63, 3.8) is 0 Å². The van der Waals surface area contributed by atoms with Crippen LogP contribution in [0.2, 0.25) is 0 Å². The zero-order valence-electron chi connectivity index (χ0n) is 15.3. The Balaban J connectivity index is 1.82. The number of nitrogens with one attached hydrogen (secondary N) is 1. The van der Waals surface area contributed by atoms with Crippen molar-refractivity contribution >= 4 is 21.6 Å². The monoisotopic (exact) mass is 394 g/mol. The SMILES string of the molecule is Cc1ccccc1N(CC(=O)NCCCOc1ccc(F)cc1)S(C)(=O)=O. The van der Waals surface area contributed by atoms with Gasteiger partial charge in [0.2, 0.25) is 15.9 Å². The van der Waals surface area contributed by atoms with Crippen LogP contribution in [0.15, 0.2) is 48.5 Å². The van der Waals surface area contributed by atoms with Gasteiger partial charge in [0, 0.05) is 6.54 Å². The van der Waals surface area contributed by atoms with E-state index in [1.54, 1.807) is 31.2 Å². The van der Waals surface area contributed by atoms with Gasteiger partial charge in [0.15, 0.2) is 0 Å². The Morgan fingerprint density at radius 1 is 1.15 bits per heavy atom. The van der Waals surface area contributed by atoms with Crippen LogP contribution in [0.4, 0.5) is 10.1 Å². The van der Waals surface area contributed by atoms with Crippen LogP contribution >= 0.6 is 0 Å². The number of ether oxygens (including phenoxy) is 1. The quantitative estimate of drug-likeness (QED) is 0.663. The van der Waals surface area contributed by atoms with Gasteiger partial charge in [-0.05, 0) is 49.2 Å². The van der Waals surface area contributed by atoms with E-state index in [0.29, 0.717) is 31.0 Å². The third-order valence-electron chi connectivity index (χ3n) is 3.80. The van der Waals surface area contributed by atoms with Gasteiger partial charge < -0.3 is 10.1 Å². The minimum Gasteiger partial charge on any atom is -0.494 e. The van der Waals surface area contributed by atoms with Crippen molar-refractivity contribution in [2.75, 3.05) is 30.3 Å². The van der Waals surface area contributed by atoms with Crippen LogP contribution in [0.25, 0.3) is 0 Å². The van der Waals surface area contributed by atoms with E-state index in [2.05, 4.69) is 5.32 Å². The number of carbonyl (C=O) groups excluding carboxylic acids is 1. The standard InChI is InChI=1S/C19H23FN2O4S/c1-15-6-3-4-7-18(15)22(27(2,24)25)14-19(23)21-12-5-13-26-17-10-8-16(20)9-11-17/h3-4,6-11H,5,12-14H2,1-2H3,(H,21,23). The van der Waals surface area contributed by atoms with E-state index in [4.69, 9.17) is 4.74 Å². The molecule has 0 saturated heterocycles. The summed E-state index contributed by atoms with van der Waals surface area (Å²) in [4.78, 5) is 12.2. The van der Waals surface area contributed by atoms with Crippen molar-refractivity contribution in [1.82, 2.24) is 5.32 Å². The molecule has 0 atom stereocenters. The normalized spacial score (nSPS) is 11.1. The van der Waals surface area contributed by atoms with E-state index in [9.17, 15) is 17.6 Å². The van der Waals surface area contributed by atoms with Crippen molar-refractivity contribution in [2.45, 2.75) is 13.3 Å². The van der Waals surface area contributed by atoms with Crippen molar-refractivity contribution < 1.29 is 22.3 Å². The Bertz CT molecular complexity index is 870. The molecule has 8 heteroatoms. The minimum absolute atomic E-state index is 0.289. The molecule has 0 aliphatic carbocycles. The number of para-hydroxylation sites is 1. The van der Waals surface area contributed by atoms with Crippen LogP contribution < -0.4 is 14.4 Å². The summed E-state index contributed by atoms with van der Waals surface area (Å²) in [7, 11) is -3.59. The van der Waals surface area contributed by atoms with Crippen LogP contribution in [-0.2, 0) is 14.8 Å². The first-order chi connectivity index (χ1) is 12.8. The largest absolute Gasteiger partial charge is 0.494 e. The summed E-state index contributed by atoms with van der Waals surface area (Å²) >= 11 is 0. The molecule has 2 aromatic carbocycles. The molecule has 0 bridgehead atoms. The maximum atomic E-state index is 12.8. The molecule has 1 N–H and O–H groups in total. The fourth-order valence-corrected chi connectivity index (χ4v) is 3.35. The topological polar surface area (TPSA) is 75.7 Å². The summed E-state index contributed by atoms with van der Waals surface area (Å²) in [6.07, 6.45) is 1.61. The second-order valence-electron chi connectivity index (χ2n) is 6.06. The molecule has 0 aromatic heterocycles. The van der Waals surface area contributed by atoms with Crippen molar-refractivity contribution in [3.05, 3.63) is 59.9 Å². The van der Waals surface area contributed by atoms with Gasteiger partial charge in [-0.15, -0.1) is 0 Å². The second-order valence-corrected chi connectivity index (χ2v) is 7.97. The Labute approximate surface area is 159 Å². The zero-order valence-corrected chi connectivity index (χ0v) is 16.1. The Morgan fingerprint density at radius 3 is 2.44 bits per heavy atom. The molecule has 0 heterocycles. The number of hydrogen-bond acceptors (Lipinski definition) is 4. The fraction of sp³-hybridized carbons (Fsp3) is 0.316. The van der Waals surface area contributed by atoms with Crippen LogP contribution in [0, 0.1) is 12.7 Å². The van der Waals surface area contributed by atoms with Gasteiger partial charge in [-0.2, -0.15) is 0 Å². The van der Waals surface area contributed by atoms with E-state index in [-0.39, 0.29) is 12.4 Å². The Hall–Kier alpha value is -2.61. The van der Waals surface area contributed by atoms with Crippen molar-refractivity contribution in [2.24, 2.45) is 0 Å². The molecule has 2 rings (SSSR count). The Kier molecular flexibility index (Phi) is 7.18. The minimum atomic E-state index is -3.59. The number of nitrogens with zero attached hydrogens (tertiary/aromatic N) is 1. The fourth-order valence-electron chi connectivity index (χ4n) is 2.43. The number of carbonyl (C=O) groups is 1. The highest BCUT2D eigenvalue weighted by Crippen LogP contribution is 2.21. The van der Waals surface area contributed by atoms with Gasteiger partial charge in [-0.3, -0.25) is 9.10 Å². The van der Waals surface area contributed by atoms with E-state index in [1.165, 1.54) is 24.3 Å². The van der Waals surface area contributed by atoms with Crippen LogP contribution in [0.3, 0.4) is 0 Å². The average Bonchev–Trinajstić information content (AvgIpc) is 2.61. The van der Waals surface area contributed by atoms with Crippen LogP contribution in [0.5, 0.6) is 5.75 Å². The third kappa shape index (κ3) is 6.56. The van der Waals surface area contributed by atoms with Gasteiger partial charge in [0.1, 0.15) is 18.1 Å². The summed E-state index contributed by atoms with van der Waals surface area (Å²) in [5, 5.41) is 2.68. The number of rotatable bonds is 9. The number of anilines is 1. The van der Waals surface area contributed by atoms with Crippen LogP contribution in [0.1, 0.15) is 12.0 Å². The summed E-state index contributed by atoms with van der Waals surface area (Å²) in [5.74, 6) is -0.185. The lowest BCUT2D eigenvalue weighted by Crippen LogP contribution is -2.41. The molecule has 0 spiro atoms. The molecule has 0 aliphatic heterocycles. The molecule has 6 nitrogen and oxygen atoms in total. The molecule has 0 radical (unpaired) electrons. The average molecular weight is 394 g/mol. The Morgan fingerprint density at radius 2 is 1.81 bits per heavy atom. The number of aryl methyl sites for hydroxylation is 1. The maximum Gasteiger partial charge on any atom is 0.240 e. The summed E-state index contributed by atoms with van der Waals surface area (Å²) in [5.41, 5.74) is 1.25.